The number of halogens is 1. The fourth-order valence-electron chi connectivity index (χ4n) is 3.98. The molecule has 4 N–H and O–H groups in total. The highest BCUT2D eigenvalue weighted by atomic mass is 35.5. The van der Waals surface area contributed by atoms with E-state index in [0.29, 0.717) is 18.1 Å². The molecule has 150 valence electrons. The Bertz CT molecular complexity index is 879. The Kier molecular flexibility index (Phi) is 5.46. The molecule has 2 aromatic rings. The van der Waals surface area contributed by atoms with E-state index in [1.54, 1.807) is 0 Å². The minimum Gasteiger partial charge on any atom is -0.357 e. The van der Waals surface area contributed by atoms with Gasteiger partial charge in [-0.1, -0.05) is 18.0 Å². The number of aromatic amines is 1. The van der Waals surface area contributed by atoms with Crippen molar-refractivity contribution in [1.82, 2.24) is 20.2 Å². The first kappa shape index (κ1) is 19.1. The van der Waals surface area contributed by atoms with Gasteiger partial charge in [0, 0.05) is 40.6 Å². The Morgan fingerprint density at radius 1 is 1.25 bits per heavy atom. The predicted octanol–water partition coefficient (Wildman–Crippen LogP) is 3.00. The largest absolute Gasteiger partial charge is 0.357 e. The summed E-state index contributed by atoms with van der Waals surface area (Å²) in [5, 5.41) is 5.78. The minimum absolute atomic E-state index is 0.153. The standard InChI is InChI=1S/C20H26ClN5O2/c21-15-6-7-18-14(9-15)10-16(24-18)11-23-20(28)26(22)17-5-2-8-25(12-17)19(27)13-3-1-4-13/h6-7,9-10,13,17,24H,1-5,8,11-12,22H2,(H,23,28)/t17-/m1/s1. The molecule has 2 aliphatic rings. The van der Waals surface area contributed by atoms with Crippen LogP contribution in [-0.4, -0.2) is 46.0 Å². The molecule has 1 saturated heterocycles. The van der Waals surface area contributed by atoms with Gasteiger partial charge in [0.05, 0.1) is 12.6 Å². The molecule has 1 atom stereocenters. The van der Waals surface area contributed by atoms with E-state index in [0.717, 1.165) is 55.2 Å². The molecular formula is C20H26ClN5O2. The molecule has 0 bridgehead atoms. The maximum absolute atomic E-state index is 12.5. The Labute approximate surface area is 169 Å². The van der Waals surface area contributed by atoms with Crippen LogP contribution in [0.5, 0.6) is 0 Å². The lowest BCUT2D eigenvalue weighted by atomic mass is 9.84. The van der Waals surface area contributed by atoms with Crippen molar-refractivity contribution in [3.05, 3.63) is 35.0 Å². The normalized spacial score (nSPS) is 20.1. The van der Waals surface area contributed by atoms with E-state index in [-0.39, 0.29) is 23.9 Å². The van der Waals surface area contributed by atoms with Crippen molar-refractivity contribution >= 4 is 34.4 Å². The van der Waals surface area contributed by atoms with Gasteiger partial charge in [-0.3, -0.25) is 9.80 Å². The monoisotopic (exact) mass is 403 g/mol. The zero-order valence-electron chi connectivity index (χ0n) is 15.8. The molecule has 4 rings (SSSR count). The molecule has 1 saturated carbocycles. The van der Waals surface area contributed by atoms with E-state index >= 15 is 0 Å². The van der Waals surface area contributed by atoms with Gasteiger partial charge in [0.2, 0.25) is 5.91 Å². The summed E-state index contributed by atoms with van der Waals surface area (Å²) in [5.74, 6) is 6.49. The van der Waals surface area contributed by atoms with Gasteiger partial charge in [-0.25, -0.2) is 10.6 Å². The van der Waals surface area contributed by atoms with Crippen molar-refractivity contribution in [3.63, 3.8) is 0 Å². The molecule has 0 unspecified atom stereocenters. The third-order valence-corrected chi connectivity index (χ3v) is 6.09. The van der Waals surface area contributed by atoms with Gasteiger partial charge in [0.15, 0.2) is 0 Å². The van der Waals surface area contributed by atoms with Gasteiger partial charge < -0.3 is 15.2 Å². The Balaban J connectivity index is 1.32. The maximum Gasteiger partial charge on any atom is 0.332 e. The number of rotatable bonds is 4. The summed E-state index contributed by atoms with van der Waals surface area (Å²) in [4.78, 5) is 30.1. The predicted molar refractivity (Wildman–Crippen MR) is 109 cm³/mol. The number of urea groups is 1. The number of piperidine rings is 1. The van der Waals surface area contributed by atoms with Gasteiger partial charge in [0.1, 0.15) is 0 Å². The average Bonchev–Trinajstić information content (AvgIpc) is 3.06. The number of fused-ring (bicyclic) bond motifs is 1. The summed E-state index contributed by atoms with van der Waals surface area (Å²) >= 11 is 6.01. The highest BCUT2D eigenvalue weighted by Gasteiger charge is 2.34. The zero-order chi connectivity index (χ0) is 19.7. The van der Waals surface area contributed by atoms with E-state index in [9.17, 15) is 9.59 Å². The molecule has 3 amide bonds. The quantitative estimate of drug-likeness (QED) is 0.416. The summed E-state index contributed by atoms with van der Waals surface area (Å²) < 4.78 is 0. The van der Waals surface area contributed by atoms with Crippen LogP contribution < -0.4 is 11.2 Å². The number of aromatic nitrogens is 1. The minimum atomic E-state index is -0.334. The number of hydrogen-bond acceptors (Lipinski definition) is 3. The fourth-order valence-corrected chi connectivity index (χ4v) is 4.16. The molecule has 1 aromatic heterocycles. The second-order valence-electron chi connectivity index (χ2n) is 7.80. The average molecular weight is 404 g/mol. The molecule has 8 heteroatoms. The molecule has 0 radical (unpaired) electrons. The van der Waals surface area contributed by atoms with Crippen LogP contribution >= 0.6 is 11.6 Å². The van der Waals surface area contributed by atoms with Crippen molar-refractivity contribution in [2.45, 2.75) is 44.7 Å². The van der Waals surface area contributed by atoms with E-state index < -0.39 is 0 Å². The van der Waals surface area contributed by atoms with Crippen molar-refractivity contribution in [1.29, 1.82) is 0 Å². The molecule has 2 fully saturated rings. The van der Waals surface area contributed by atoms with Gasteiger partial charge in [0.25, 0.3) is 0 Å². The second-order valence-corrected chi connectivity index (χ2v) is 8.24. The first-order valence-corrected chi connectivity index (χ1v) is 10.3. The van der Waals surface area contributed by atoms with Crippen LogP contribution in [0.25, 0.3) is 10.9 Å². The Morgan fingerprint density at radius 2 is 2.07 bits per heavy atom. The lowest BCUT2D eigenvalue weighted by Gasteiger charge is -2.39. The first-order valence-electron chi connectivity index (χ1n) is 9.89. The molecule has 0 spiro atoms. The van der Waals surface area contributed by atoms with Crippen LogP contribution in [-0.2, 0) is 11.3 Å². The highest BCUT2D eigenvalue weighted by Crippen LogP contribution is 2.29. The number of nitrogens with two attached hydrogens (primary N) is 1. The van der Waals surface area contributed by atoms with Gasteiger partial charge in [-0.2, -0.15) is 0 Å². The fraction of sp³-hybridized carbons (Fsp3) is 0.500. The number of likely N-dealkylation sites (tertiary alicyclic amines) is 1. The van der Waals surface area contributed by atoms with Crippen LogP contribution in [0.15, 0.2) is 24.3 Å². The molecule has 1 aromatic carbocycles. The van der Waals surface area contributed by atoms with E-state index in [1.807, 2.05) is 29.2 Å². The number of hydrogen-bond donors (Lipinski definition) is 3. The first-order chi connectivity index (χ1) is 13.5. The van der Waals surface area contributed by atoms with Gasteiger partial charge in [-0.05, 0) is 49.9 Å². The Hall–Kier alpha value is -2.25. The molecular weight excluding hydrogens is 378 g/mol. The lowest BCUT2D eigenvalue weighted by Crippen LogP contribution is -2.57. The van der Waals surface area contributed by atoms with Crippen LogP contribution in [0.1, 0.15) is 37.8 Å². The molecule has 1 aliphatic carbocycles. The summed E-state index contributed by atoms with van der Waals surface area (Å²) in [6.07, 6.45) is 4.79. The third kappa shape index (κ3) is 3.95. The Morgan fingerprint density at radius 3 is 2.82 bits per heavy atom. The summed E-state index contributed by atoms with van der Waals surface area (Å²) in [6.45, 7) is 1.62. The number of amides is 3. The lowest BCUT2D eigenvalue weighted by molar-refractivity contribution is -0.140. The van der Waals surface area contributed by atoms with Gasteiger partial charge in [-0.15, -0.1) is 0 Å². The van der Waals surface area contributed by atoms with Crippen molar-refractivity contribution in [2.24, 2.45) is 11.8 Å². The summed E-state index contributed by atoms with van der Waals surface area (Å²) in [6, 6.07) is 7.09. The van der Waals surface area contributed by atoms with Crippen molar-refractivity contribution in [2.75, 3.05) is 13.1 Å². The van der Waals surface area contributed by atoms with E-state index in [4.69, 9.17) is 17.4 Å². The molecule has 7 nitrogen and oxygen atoms in total. The van der Waals surface area contributed by atoms with Crippen LogP contribution in [0.4, 0.5) is 4.79 Å². The molecule has 2 heterocycles. The topological polar surface area (TPSA) is 94.5 Å². The number of nitrogens with one attached hydrogen (secondary N) is 2. The molecule has 1 aliphatic heterocycles. The van der Waals surface area contributed by atoms with E-state index in [2.05, 4.69) is 10.3 Å². The van der Waals surface area contributed by atoms with E-state index in [1.165, 1.54) is 5.01 Å². The smallest absolute Gasteiger partial charge is 0.332 e. The number of benzene rings is 1. The number of nitrogens with zero attached hydrogens (tertiary/aromatic N) is 2. The highest BCUT2D eigenvalue weighted by molar-refractivity contribution is 6.31. The number of carbonyl (C=O) groups excluding carboxylic acids is 2. The maximum atomic E-state index is 12.5. The summed E-state index contributed by atoms with van der Waals surface area (Å²) in [7, 11) is 0. The molecule has 28 heavy (non-hydrogen) atoms. The van der Waals surface area contributed by atoms with Crippen molar-refractivity contribution < 1.29 is 9.59 Å². The van der Waals surface area contributed by atoms with Crippen LogP contribution in [0, 0.1) is 5.92 Å². The summed E-state index contributed by atoms with van der Waals surface area (Å²) in [5.41, 5.74) is 1.85. The second kappa shape index (κ2) is 8.01. The number of carbonyl (C=O) groups is 2. The van der Waals surface area contributed by atoms with Crippen LogP contribution in [0.2, 0.25) is 5.02 Å². The third-order valence-electron chi connectivity index (χ3n) is 5.86. The SMILES string of the molecule is NN(C(=O)NCc1cc2cc(Cl)ccc2[nH]1)[C@@H]1CCCN(C(=O)C2CCC2)C1. The zero-order valence-corrected chi connectivity index (χ0v) is 16.5. The van der Waals surface area contributed by atoms with Gasteiger partial charge >= 0.3 is 6.03 Å². The van der Waals surface area contributed by atoms with Crippen molar-refractivity contribution in [3.8, 4) is 0 Å². The van der Waals surface area contributed by atoms with Crippen LogP contribution in [0.3, 0.4) is 0 Å². The number of hydrazine groups is 1. The number of H-pyrrole nitrogens is 1.